The Morgan fingerprint density at radius 2 is 1.67 bits per heavy atom. The monoisotopic (exact) mass is 252 g/mol. The van der Waals surface area contributed by atoms with Gasteiger partial charge in [-0.05, 0) is 50.6 Å². The summed E-state index contributed by atoms with van der Waals surface area (Å²) < 4.78 is 0. The molecule has 3 unspecified atom stereocenters. The van der Waals surface area contributed by atoms with Crippen molar-refractivity contribution < 1.29 is 0 Å². The molecule has 1 aliphatic heterocycles. The van der Waals surface area contributed by atoms with Crippen molar-refractivity contribution in [3.05, 3.63) is 0 Å². The van der Waals surface area contributed by atoms with Gasteiger partial charge in [0, 0.05) is 12.6 Å². The lowest BCUT2D eigenvalue weighted by molar-refractivity contribution is 0.0995. The summed E-state index contributed by atoms with van der Waals surface area (Å²) in [5.41, 5.74) is 6.13. The lowest BCUT2D eigenvalue weighted by Gasteiger charge is -2.40. The van der Waals surface area contributed by atoms with Gasteiger partial charge >= 0.3 is 0 Å². The molecule has 18 heavy (non-hydrogen) atoms. The molecule has 3 atom stereocenters. The Morgan fingerprint density at radius 1 is 1.00 bits per heavy atom. The molecule has 2 rings (SSSR count). The minimum atomic E-state index is 0.672. The zero-order chi connectivity index (χ0) is 12.8. The Bertz CT molecular complexity index is 221. The molecule has 1 aliphatic carbocycles. The molecule has 0 aromatic carbocycles. The molecule has 0 radical (unpaired) electrons. The summed E-state index contributed by atoms with van der Waals surface area (Å²) in [5, 5.41) is 0. The van der Waals surface area contributed by atoms with Gasteiger partial charge in [-0.15, -0.1) is 0 Å². The van der Waals surface area contributed by atoms with Crippen LogP contribution in [0.5, 0.6) is 0 Å². The van der Waals surface area contributed by atoms with E-state index in [1.165, 1.54) is 70.9 Å². The fourth-order valence-corrected chi connectivity index (χ4v) is 4.07. The fraction of sp³-hybridized carbons (Fsp3) is 1.00. The van der Waals surface area contributed by atoms with Gasteiger partial charge < -0.3 is 5.73 Å². The average Bonchev–Trinajstić information content (AvgIpc) is 2.32. The van der Waals surface area contributed by atoms with Crippen LogP contribution < -0.4 is 5.73 Å². The van der Waals surface area contributed by atoms with Crippen molar-refractivity contribution >= 4 is 0 Å². The lowest BCUT2D eigenvalue weighted by Crippen LogP contribution is -2.48. The maximum absolute atomic E-state index is 6.13. The van der Waals surface area contributed by atoms with E-state index in [2.05, 4.69) is 11.8 Å². The molecule has 106 valence electrons. The van der Waals surface area contributed by atoms with E-state index < -0.39 is 0 Å². The predicted molar refractivity (Wildman–Crippen MR) is 78.6 cm³/mol. The summed E-state index contributed by atoms with van der Waals surface area (Å²) in [5.74, 6) is 1.80. The van der Waals surface area contributed by atoms with Gasteiger partial charge in [-0.1, -0.05) is 39.0 Å². The molecule has 2 heteroatoms. The van der Waals surface area contributed by atoms with Gasteiger partial charge in [-0.3, -0.25) is 4.90 Å². The summed E-state index contributed by atoms with van der Waals surface area (Å²) in [6.45, 7) is 5.89. The van der Waals surface area contributed by atoms with Crippen LogP contribution in [0.1, 0.15) is 64.7 Å². The molecule has 0 amide bonds. The smallest absolute Gasteiger partial charge is 0.0246 e. The van der Waals surface area contributed by atoms with E-state index in [0.717, 1.165) is 18.4 Å². The quantitative estimate of drug-likeness (QED) is 0.834. The molecule has 2 aliphatic rings. The van der Waals surface area contributed by atoms with Crippen LogP contribution in [-0.2, 0) is 0 Å². The second-order valence-electron chi connectivity index (χ2n) is 6.64. The molecule has 1 heterocycles. The molecule has 2 nitrogen and oxygen atoms in total. The largest absolute Gasteiger partial charge is 0.329 e. The third-order valence-corrected chi connectivity index (χ3v) is 5.12. The van der Waals surface area contributed by atoms with Crippen molar-refractivity contribution in [2.45, 2.75) is 70.8 Å². The van der Waals surface area contributed by atoms with Crippen LogP contribution in [-0.4, -0.2) is 30.6 Å². The second kappa shape index (κ2) is 7.49. The first-order valence-corrected chi connectivity index (χ1v) is 8.25. The SMILES string of the molecule is CC1CCCC(C(CN)N2CCCCCCC2)C1. The van der Waals surface area contributed by atoms with Crippen LogP contribution in [0.15, 0.2) is 0 Å². The zero-order valence-electron chi connectivity index (χ0n) is 12.2. The highest BCUT2D eigenvalue weighted by Crippen LogP contribution is 2.33. The summed E-state index contributed by atoms with van der Waals surface area (Å²) in [6.07, 6.45) is 12.8. The third kappa shape index (κ3) is 3.96. The Labute approximate surface area is 113 Å². The molecule has 2 N–H and O–H groups in total. The normalized spacial score (nSPS) is 33.7. The highest BCUT2D eigenvalue weighted by Gasteiger charge is 2.29. The number of nitrogens with zero attached hydrogens (tertiary/aromatic N) is 1. The van der Waals surface area contributed by atoms with Crippen molar-refractivity contribution in [3.8, 4) is 0 Å². The van der Waals surface area contributed by atoms with E-state index in [0.29, 0.717) is 6.04 Å². The Kier molecular flexibility index (Phi) is 5.97. The van der Waals surface area contributed by atoms with Crippen LogP contribution in [0.25, 0.3) is 0 Å². The number of rotatable bonds is 3. The van der Waals surface area contributed by atoms with Crippen LogP contribution in [0.2, 0.25) is 0 Å². The van der Waals surface area contributed by atoms with Gasteiger partial charge in [0.05, 0.1) is 0 Å². The first-order chi connectivity index (χ1) is 8.81. The van der Waals surface area contributed by atoms with Gasteiger partial charge in [0.15, 0.2) is 0 Å². The summed E-state index contributed by atoms with van der Waals surface area (Å²) >= 11 is 0. The van der Waals surface area contributed by atoms with Crippen LogP contribution in [0.4, 0.5) is 0 Å². The summed E-state index contributed by atoms with van der Waals surface area (Å²) in [7, 11) is 0. The summed E-state index contributed by atoms with van der Waals surface area (Å²) in [4.78, 5) is 2.74. The number of nitrogens with two attached hydrogens (primary N) is 1. The molecule has 1 saturated carbocycles. The van der Waals surface area contributed by atoms with Gasteiger partial charge in [0.25, 0.3) is 0 Å². The van der Waals surface area contributed by atoms with Crippen LogP contribution in [0.3, 0.4) is 0 Å². The van der Waals surface area contributed by atoms with E-state index in [1.54, 1.807) is 0 Å². The Hall–Kier alpha value is -0.0800. The Morgan fingerprint density at radius 3 is 2.28 bits per heavy atom. The molecule has 0 aromatic rings. The standard InChI is InChI=1S/C16H32N2/c1-14-8-7-9-15(12-14)16(13-17)18-10-5-3-2-4-6-11-18/h14-16H,2-13,17H2,1H3. The molecular formula is C16H32N2. The van der Waals surface area contributed by atoms with E-state index in [9.17, 15) is 0 Å². The second-order valence-corrected chi connectivity index (χ2v) is 6.64. The van der Waals surface area contributed by atoms with Gasteiger partial charge in [-0.2, -0.15) is 0 Å². The molecule has 2 fully saturated rings. The molecule has 1 saturated heterocycles. The van der Waals surface area contributed by atoms with Crippen molar-refractivity contribution in [1.29, 1.82) is 0 Å². The molecule has 0 spiro atoms. The minimum Gasteiger partial charge on any atom is -0.329 e. The van der Waals surface area contributed by atoms with Crippen molar-refractivity contribution in [2.24, 2.45) is 17.6 Å². The average molecular weight is 252 g/mol. The molecule has 0 bridgehead atoms. The first-order valence-electron chi connectivity index (χ1n) is 8.25. The van der Waals surface area contributed by atoms with E-state index in [-0.39, 0.29) is 0 Å². The Balaban J connectivity index is 1.92. The van der Waals surface area contributed by atoms with E-state index >= 15 is 0 Å². The van der Waals surface area contributed by atoms with Crippen LogP contribution >= 0.6 is 0 Å². The van der Waals surface area contributed by atoms with Crippen molar-refractivity contribution in [3.63, 3.8) is 0 Å². The summed E-state index contributed by atoms with van der Waals surface area (Å²) in [6, 6.07) is 0.672. The number of hydrogen-bond acceptors (Lipinski definition) is 2. The first kappa shape index (κ1) is 14.3. The maximum atomic E-state index is 6.13. The number of hydrogen-bond donors (Lipinski definition) is 1. The predicted octanol–water partition coefficient (Wildman–Crippen LogP) is 3.41. The number of likely N-dealkylation sites (tertiary alicyclic amines) is 1. The third-order valence-electron chi connectivity index (χ3n) is 5.12. The highest BCUT2D eigenvalue weighted by atomic mass is 15.2. The van der Waals surface area contributed by atoms with Crippen molar-refractivity contribution in [2.75, 3.05) is 19.6 Å². The highest BCUT2D eigenvalue weighted by molar-refractivity contribution is 4.84. The van der Waals surface area contributed by atoms with E-state index in [4.69, 9.17) is 5.73 Å². The minimum absolute atomic E-state index is 0.672. The zero-order valence-corrected chi connectivity index (χ0v) is 12.2. The van der Waals surface area contributed by atoms with Crippen molar-refractivity contribution in [1.82, 2.24) is 4.90 Å². The maximum Gasteiger partial charge on any atom is 0.0246 e. The van der Waals surface area contributed by atoms with Gasteiger partial charge in [0.1, 0.15) is 0 Å². The van der Waals surface area contributed by atoms with Crippen LogP contribution in [0, 0.1) is 11.8 Å². The van der Waals surface area contributed by atoms with Gasteiger partial charge in [-0.25, -0.2) is 0 Å². The van der Waals surface area contributed by atoms with Gasteiger partial charge in [0.2, 0.25) is 0 Å². The molecular weight excluding hydrogens is 220 g/mol. The molecule has 0 aromatic heterocycles. The fourth-order valence-electron chi connectivity index (χ4n) is 4.07. The van der Waals surface area contributed by atoms with E-state index in [1.807, 2.05) is 0 Å². The lowest BCUT2D eigenvalue weighted by atomic mass is 9.78. The topological polar surface area (TPSA) is 29.3 Å².